The molecule has 1 aliphatic rings. The van der Waals surface area contributed by atoms with Crippen molar-refractivity contribution in [1.29, 1.82) is 0 Å². The average molecular weight is 428 g/mol. The summed E-state index contributed by atoms with van der Waals surface area (Å²) in [5.41, 5.74) is 1.12. The lowest BCUT2D eigenvalue weighted by Crippen LogP contribution is -2.50. The normalized spacial score (nSPS) is 17.2. The van der Waals surface area contributed by atoms with Crippen LogP contribution < -0.4 is 10.2 Å². The maximum Gasteiger partial charge on any atom is 0.188 e. The first-order valence-corrected chi connectivity index (χ1v) is 10.8. The van der Waals surface area contributed by atoms with E-state index in [-0.39, 0.29) is 5.54 Å². The van der Waals surface area contributed by atoms with Gasteiger partial charge in [0.15, 0.2) is 9.96 Å². The Morgan fingerprint density at radius 1 is 1.31 bits per heavy atom. The highest BCUT2D eigenvalue weighted by molar-refractivity contribution is 7.99. The summed E-state index contributed by atoms with van der Waals surface area (Å²) in [6, 6.07) is 5.62. The Morgan fingerprint density at radius 2 is 2.08 bits per heavy atom. The van der Waals surface area contributed by atoms with Crippen LogP contribution in [0.2, 0.25) is 10.0 Å². The second-order valence-electron chi connectivity index (χ2n) is 6.65. The van der Waals surface area contributed by atoms with Gasteiger partial charge in [0.25, 0.3) is 0 Å². The number of piperidine rings is 1. The first-order valence-electron chi connectivity index (χ1n) is 8.40. The molecule has 0 saturated carbocycles. The Labute approximate surface area is 170 Å². The van der Waals surface area contributed by atoms with Crippen LogP contribution >= 0.6 is 46.3 Å². The molecule has 0 spiro atoms. The Bertz CT molecular complexity index is 931. The fourth-order valence-electron chi connectivity index (χ4n) is 3.00. The van der Waals surface area contributed by atoms with Crippen molar-refractivity contribution in [2.75, 3.05) is 25.0 Å². The van der Waals surface area contributed by atoms with Crippen LogP contribution in [0.3, 0.4) is 0 Å². The summed E-state index contributed by atoms with van der Waals surface area (Å²) in [7, 11) is 2.04. The van der Waals surface area contributed by atoms with Crippen LogP contribution in [0, 0.1) is 0 Å². The number of aromatic amines is 1. The van der Waals surface area contributed by atoms with Gasteiger partial charge in [-0.1, -0.05) is 52.4 Å². The molecule has 0 aliphatic carbocycles. The predicted molar refractivity (Wildman–Crippen MR) is 111 cm³/mol. The van der Waals surface area contributed by atoms with E-state index in [2.05, 4.69) is 27.3 Å². The van der Waals surface area contributed by atoms with Crippen molar-refractivity contribution in [1.82, 2.24) is 20.5 Å². The first kappa shape index (κ1) is 18.4. The van der Waals surface area contributed by atoms with Crippen molar-refractivity contribution in [3.8, 4) is 0 Å². The largest absolute Gasteiger partial charge is 0.348 e. The zero-order valence-corrected chi connectivity index (χ0v) is 17.6. The number of thiazole rings is 1. The SMILES string of the molecule is CNC1(C)CCN(c2nc3c(Sc4cccc(Cl)c4Cl)[nH]nc3s2)CC1. The van der Waals surface area contributed by atoms with E-state index >= 15 is 0 Å². The van der Waals surface area contributed by atoms with Gasteiger partial charge in [0, 0.05) is 23.5 Å². The molecule has 3 heterocycles. The first-order chi connectivity index (χ1) is 12.5. The summed E-state index contributed by atoms with van der Waals surface area (Å²) in [5, 5.41) is 14.0. The lowest BCUT2D eigenvalue weighted by molar-refractivity contribution is 0.305. The Morgan fingerprint density at radius 3 is 2.81 bits per heavy atom. The van der Waals surface area contributed by atoms with Crippen LogP contribution in [0.15, 0.2) is 28.1 Å². The molecule has 0 unspecified atom stereocenters. The van der Waals surface area contributed by atoms with Crippen LogP contribution in [-0.4, -0.2) is 40.9 Å². The van der Waals surface area contributed by atoms with Crippen molar-refractivity contribution in [2.24, 2.45) is 0 Å². The zero-order valence-electron chi connectivity index (χ0n) is 14.5. The van der Waals surface area contributed by atoms with Crippen LogP contribution in [-0.2, 0) is 0 Å². The lowest BCUT2D eigenvalue weighted by atomic mass is 9.90. The van der Waals surface area contributed by atoms with Crippen molar-refractivity contribution in [3.63, 3.8) is 0 Å². The number of nitrogens with one attached hydrogen (secondary N) is 2. The zero-order chi connectivity index (χ0) is 18.3. The number of halogens is 2. The smallest absolute Gasteiger partial charge is 0.188 e. The number of anilines is 1. The van der Waals surface area contributed by atoms with Crippen LogP contribution in [0.5, 0.6) is 0 Å². The molecule has 5 nitrogen and oxygen atoms in total. The maximum atomic E-state index is 6.31. The maximum absolute atomic E-state index is 6.31. The van der Waals surface area contributed by atoms with Gasteiger partial charge in [-0.25, -0.2) is 4.98 Å². The molecular formula is C17H19Cl2N5S2. The number of benzene rings is 1. The summed E-state index contributed by atoms with van der Waals surface area (Å²) in [5.74, 6) is 0. The third-order valence-corrected chi connectivity index (χ3v) is 7.93. The standard InChI is InChI=1S/C17H19Cl2N5S2/c1-17(20-2)6-8-24(9-7-17)16-21-13-14(22-23-15(13)26-16)25-11-5-3-4-10(18)12(11)19/h3-5,20H,6-9H2,1-2H3,(H,22,23). The number of fused-ring (bicyclic) bond motifs is 1. The van der Waals surface area contributed by atoms with Gasteiger partial charge in [-0.05, 0) is 38.9 Å². The number of aromatic nitrogens is 3. The van der Waals surface area contributed by atoms with Gasteiger partial charge in [0.1, 0.15) is 10.5 Å². The Kier molecular flexibility index (Phi) is 5.09. The van der Waals surface area contributed by atoms with E-state index in [1.54, 1.807) is 17.4 Å². The molecule has 1 fully saturated rings. The van der Waals surface area contributed by atoms with E-state index in [9.17, 15) is 0 Å². The van der Waals surface area contributed by atoms with Crippen LogP contribution in [0.4, 0.5) is 5.13 Å². The molecule has 9 heteroatoms. The molecule has 1 aromatic carbocycles. The molecule has 1 aliphatic heterocycles. The third-order valence-electron chi connectivity index (χ3n) is 4.94. The lowest BCUT2D eigenvalue weighted by Gasteiger charge is -2.39. The van der Waals surface area contributed by atoms with E-state index in [0.29, 0.717) is 10.0 Å². The summed E-state index contributed by atoms with van der Waals surface area (Å²) < 4.78 is 0. The highest BCUT2D eigenvalue weighted by Crippen LogP contribution is 2.41. The quantitative estimate of drug-likeness (QED) is 0.609. The van der Waals surface area contributed by atoms with Crippen LogP contribution in [0.25, 0.3) is 10.3 Å². The molecule has 0 amide bonds. The van der Waals surface area contributed by atoms with E-state index in [1.165, 1.54) is 11.8 Å². The Hall–Kier alpha value is -0.990. The summed E-state index contributed by atoms with van der Waals surface area (Å²) in [6.07, 6.45) is 2.21. The van der Waals surface area contributed by atoms with Crippen molar-refractivity contribution < 1.29 is 0 Å². The molecule has 2 N–H and O–H groups in total. The van der Waals surface area contributed by atoms with E-state index in [4.69, 9.17) is 28.2 Å². The van der Waals surface area contributed by atoms with Gasteiger partial charge >= 0.3 is 0 Å². The second kappa shape index (κ2) is 7.20. The molecular weight excluding hydrogens is 409 g/mol. The Balaban J connectivity index is 1.57. The van der Waals surface area contributed by atoms with Crippen molar-refractivity contribution in [2.45, 2.75) is 35.2 Å². The van der Waals surface area contributed by atoms with Crippen molar-refractivity contribution in [3.05, 3.63) is 28.2 Å². The van der Waals surface area contributed by atoms with E-state index in [0.717, 1.165) is 51.3 Å². The number of rotatable bonds is 4. The van der Waals surface area contributed by atoms with Gasteiger partial charge in [-0.15, -0.1) is 0 Å². The minimum atomic E-state index is 0.221. The molecule has 2 aromatic heterocycles. The summed E-state index contributed by atoms with van der Waals surface area (Å²) in [6.45, 7) is 4.28. The van der Waals surface area contributed by atoms with Crippen LogP contribution in [0.1, 0.15) is 19.8 Å². The molecule has 4 rings (SSSR count). The topological polar surface area (TPSA) is 56.8 Å². The molecule has 0 atom stereocenters. The molecule has 26 heavy (non-hydrogen) atoms. The predicted octanol–water partition coefficient (Wildman–Crippen LogP) is 5.06. The molecule has 138 valence electrons. The molecule has 1 saturated heterocycles. The second-order valence-corrected chi connectivity index (χ2v) is 9.45. The number of hydrogen-bond acceptors (Lipinski definition) is 6. The number of H-pyrrole nitrogens is 1. The van der Waals surface area contributed by atoms with Gasteiger partial charge in [0.05, 0.1) is 10.0 Å². The summed E-state index contributed by atoms with van der Waals surface area (Å²) >= 11 is 15.6. The van der Waals surface area contributed by atoms with Gasteiger partial charge in [0.2, 0.25) is 0 Å². The van der Waals surface area contributed by atoms with Crippen molar-refractivity contribution >= 4 is 61.8 Å². The fraction of sp³-hybridized carbons (Fsp3) is 0.412. The highest BCUT2D eigenvalue weighted by Gasteiger charge is 2.30. The van der Waals surface area contributed by atoms with Gasteiger partial charge in [-0.3, -0.25) is 5.10 Å². The fourth-order valence-corrected chi connectivity index (χ4v) is 5.39. The minimum Gasteiger partial charge on any atom is -0.348 e. The average Bonchev–Trinajstić information content (AvgIpc) is 3.21. The summed E-state index contributed by atoms with van der Waals surface area (Å²) in [4.78, 5) is 9.01. The van der Waals surface area contributed by atoms with Gasteiger partial charge in [-0.2, -0.15) is 5.10 Å². The van der Waals surface area contributed by atoms with E-state index < -0.39 is 0 Å². The number of nitrogens with zero attached hydrogens (tertiary/aromatic N) is 3. The third kappa shape index (κ3) is 3.43. The highest BCUT2D eigenvalue weighted by atomic mass is 35.5. The van der Waals surface area contributed by atoms with E-state index in [1.807, 2.05) is 19.2 Å². The molecule has 0 radical (unpaired) electrons. The number of hydrogen-bond donors (Lipinski definition) is 2. The molecule has 3 aromatic rings. The molecule has 0 bridgehead atoms. The van der Waals surface area contributed by atoms with Gasteiger partial charge < -0.3 is 10.2 Å². The monoisotopic (exact) mass is 427 g/mol. The minimum absolute atomic E-state index is 0.221.